The Morgan fingerprint density at radius 3 is 2.39 bits per heavy atom. The number of ether oxygens (including phenoxy) is 1. The van der Waals surface area contributed by atoms with E-state index >= 15 is 0 Å². The first-order valence-electron chi connectivity index (χ1n) is 12.3. The molecular formula is C27H27F3N4O4. The van der Waals surface area contributed by atoms with E-state index in [2.05, 4.69) is 11.7 Å². The van der Waals surface area contributed by atoms with Crippen molar-refractivity contribution in [1.29, 1.82) is 0 Å². The number of phenols is 2. The first kappa shape index (κ1) is 25.5. The summed E-state index contributed by atoms with van der Waals surface area (Å²) in [6.45, 7) is 7.50. The van der Waals surface area contributed by atoms with Crippen molar-refractivity contribution >= 4 is 23.2 Å². The zero-order valence-corrected chi connectivity index (χ0v) is 20.8. The smallest absolute Gasteiger partial charge is 0.418 e. The zero-order valence-electron chi connectivity index (χ0n) is 20.8. The number of alkyl halides is 3. The molecule has 0 unspecified atom stereocenters. The molecule has 5 rings (SSSR count). The standard InChI is InChI=1S/C27H27F3N4O4/c1-3-38-26(37)33-11-8-21-24(17-12-19(35)15-20(36)13-17)31-34(16(2)25(21)33)23-14-18(32-9-4-5-10-32)6-7-22(23)27(28,29)30/h6-7,12-15,35-36H,2-5,8-11H2,1H3. The van der Waals surface area contributed by atoms with Gasteiger partial charge in [-0.25, -0.2) is 9.80 Å². The summed E-state index contributed by atoms with van der Waals surface area (Å²) in [6, 6.07) is 7.78. The van der Waals surface area contributed by atoms with Crippen molar-refractivity contribution in [2.24, 2.45) is 5.10 Å². The van der Waals surface area contributed by atoms with Crippen LogP contribution in [-0.2, 0) is 10.9 Å². The van der Waals surface area contributed by atoms with Crippen LogP contribution in [0.3, 0.4) is 0 Å². The first-order valence-corrected chi connectivity index (χ1v) is 12.3. The number of carbonyl (C=O) groups is 1. The van der Waals surface area contributed by atoms with E-state index in [-0.39, 0.29) is 53.0 Å². The highest BCUT2D eigenvalue weighted by Gasteiger charge is 2.42. The molecule has 3 aliphatic heterocycles. The van der Waals surface area contributed by atoms with Crippen LogP contribution in [0.15, 0.2) is 65.0 Å². The Bertz CT molecular complexity index is 1340. The molecular weight excluding hydrogens is 501 g/mol. The molecule has 0 aromatic heterocycles. The van der Waals surface area contributed by atoms with Crippen molar-refractivity contribution in [2.75, 3.05) is 36.1 Å². The van der Waals surface area contributed by atoms with E-state index in [4.69, 9.17) is 4.74 Å². The number of hydrazone groups is 1. The monoisotopic (exact) mass is 528 g/mol. The van der Waals surface area contributed by atoms with E-state index in [9.17, 15) is 28.2 Å². The molecule has 3 heterocycles. The van der Waals surface area contributed by atoms with Gasteiger partial charge in [0.15, 0.2) is 0 Å². The summed E-state index contributed by atoms with van der Waals surface area (Å²) in [4.78, 5) is 16.1. The lowest BCUT2D eigenvalue weighted by molar-refractivity contribution is -0.137. The minimum Gasteiger partial charge on any atom is -0.508 e. The van der Waals surface area contributed by atoms with Gasteiger partial charge in [0.05, 0.1) is 35.0 Å². The van der Waals surface area contributed by atoms with Crippen LogP contribution in [-0.4, -0.2) is 53.2 Å². The molecule has 3 aliphatic rings. The second-order valence-corrected chi connectivity index (χ2v) is 9.27. The van der Waals surface area contributed by atoms with Gasteiger partial charge in [-0.2, -0.15) is 18.3 Å². The van der Waals surface area contributed by atoms with Gasteiger partial charge in [-0.1, -0.05) is 6.58 Å². The van der Waals surface area contributed by atoms with Crippen LogP contribution in [0.2, 0.25) is 0 Å². The molecule has 0 spiro atoms. The number of aromatic hydroxyl groups is 2. The highest BCUT2D eigenvalue weighted by atomic mass is 19.4. The highest BCUT2D eigenvalue weighted by Crippen LogP contribution is 2.45. The van der Waals surface area contributed by atoms with Crippen molar-refractivity contribution in [3.63, 3.8) is 0 Å². The molecule has 200 valence electrons. The van der Waals surface area contributed by atoms with Gasteiger partial charge in [-0.3, -0.25) is 4.90 Å². The molecule has 0 atom stereocenters. The molecule has 11 heteroatoms. The van der Waals surface area contributed by atoms with Gasteiger partial charge < -0.3 is 19.8 Å². The molecule has 1 saturated heterocycles. The van der Waals surface area contributed by atoms with Crippen molar-refractivity contribution in [3.05, 3.63) is 71.1 Å². The Morgan fingerprint density at radius 1 is 1.08 bits per heavy atom. The zero-order chi connectivity index (χ0) is 27.2. The number of amides is 1. The topological polar surface area (TPSA) is 88.8 Å². The summed E-state index contributed by atoms with van der Waals surface area (Å²) in [5, 5.41) is 25.9. The molecule has 38 heavy (non-hydrogen) atoms. The molecule has 0 bridgehead atoms. The molecule has 1 amide bonds. The second kappa shape index (κ2) is 9.62. The third-order valence-corrected chi connectivity index (χ3v) is 6.81. The Hall–Kier alpha value is -4.15. The van der Waals surface area contributed by atoms with E-state index < -0.39 is 17.8 Å². The molecule has 0 aliphatic carbocycles. The fraction of sp³-hybridized carbons (Fsp3) is 0.333. The third-order valence-electron chi connectivity index (χ3n) is 6.81. The largest absolute Gasteiger partial charge is 0.508 e. The van der Waals surface area contributed by atoms with Crippen LogP contribution in [0, 0.1) is 0 Å². The normalized spacial score (nSPS) is 17.7. The van der Waals surface area contributed by atoms with E-state index in [0.717, 1.165) is 43.1 Å². The van der Waals surface area contributed by atoms with Crippen LogP contribution in [0.4, 0.5) is 29.3 Å². The maximum Gasteiger partial charge on any atom is 0.418 e. The summed E-state index contributed by atoms with van der Waals surface area (Å²) < 4.78 is 48.0. The number of benzene rings is 2. The highest BCUT2D eigenvalue weighted by molar-refractivity contribution is 6.16. The second-order valence-electron chi connectivity index (χ2n) is 9.27. The van der Waals surface area contributed by atoms with E-state index in [1.165, 1.54) is 29.2 Å². The van der Waals surface area contributed by atoms with Crippen molar-refractivity contribution in [3.8, 4) is 11.5 Å². The average molecular weight is 529 g/mol. The van der Waals surface area contributed by atoms with Crippen LogP contribution >= 0.6 is 0 Å². The Kier molecular flexibility index (Phi) is 6.46. The van der Waals surface area contributed by atoms with Gasteiger partial charge in [0.25, 0.3) is 0 Å². The van der Waals surface area contributed by atoms with Crippen LogP contribution in [0.25, 0.3) is 0 Å². The Balaban J connectivity index is 1.71. The molecule has 8 nitrogen and oxygen atoms in total. The van der Waals surface area contributed by atoms with Crippen molar-refractivity contribution in [1.82, 2.24) is 4.90 Å². The van der Waals surface area contributed by atoms with Gasteiger partial charge in [-0.05, 0) is 56.5 Å². The predicted molar refractivity (Wildman–Crippen MR) is 136 cm³/mol. The number of halogens is 3. The van der Waals surface area contributed by atoms with Crippen molar-refractivity contribution in [2.45, 2.75) is 32.4 Å². The Labute approximate surface area is 217 Å². The first-order chi connectivity index (χ1) is 18.1. The third kappa shape index (κ3) is 4.52. The molecule has 0 saturated carbocycles. The van der Waals surface area contributed by atoms with E-state index in [1.807, 2.05) is 4.90 Å². The number of carbonyl (C=O) groups excluding carboxylic acids is 1. The summed E-state index contributed by atoms with van der Waals surface area (Å²) in [5.74, 6) is -0.485. The number of rotatable bonds is 4. The van der Waals surface area contributed by atoms with Gasteiger partial charge in [0.1, 0.15) is 11.5 Å². The summed E-state index contributed by atoms with van der Waals surface area (Å²) in [6.07, 6.45) is -3.12. The van der Waals surface area contributed by atoms with Crippen LogP contribution in [0.5, 0.6) is 11.5 Å². The summed E-state index contributed by atoms with van der Waals surface area (Å²) in [5.41, 5.74) is 0.891. The van der Waals surface area contributed by atoms with E-state index in [0.29, 0.717) is 17.7 Å². The van der Waals surface area contributed by atoms with E-state index in [1.54, 1.807) is 6.92 Å². The summed E-state index contributed by atoms with van der Waals surface area (Å²) in [7, 11) is 0. The van der Waals surface area contributed by atoms with Crippen molar-refractivity contribution < 1.29 is 32.9 Å². The lowest BCUT2D eigenvalue weighted by Gasteiger charge is -2.33. The average Bonchev–Trinajstić information content (AvgIpc) is 3.54. The SMILES string of the molecule is C=C1C2=C(CCN2C(=O)OCC)C(c2cc(O)cc(O)c2)=NN1c1cc(N2CCCC2)ccc1C(F)(F)F. The lowest BCUT2D eigenvalue weighted by atomic mass is 9.97. The maximum atomic E-state index is 14.3. The minimum atomic E-state index is -4.69. The number of nitrogens with zero attached hydrogens (tertiary/aromatic N) is 4. The summed E-state index contributed by atoms with van der Waals surface area (Å²) >= 11 is 0. The minimum absolute atomic E-state index is 0.0859. The predicted octanol–water partition coefficient (Wildman–Crippen LogP) is 5.57. The maximum absolute atomic E-state index is 14.3. The lowest BCUT2D eigenvalue weighted by Crippen LogP contribution is -2.35. The molecule has 2 aromatic rings. The number of phenolic OH excluding ortho intramolecular Hbond substituents is 2. The fourth-order valence-corrected chi connectivity index (χ4v) is 5.15. The molecule has 0 radical (unpaired) electrons. The van der Waals surface area contributed by atoms with Gasteiger partial charge in [-0.15, -0.1) is 0 Å². The van der Waals surface area contributed by atoms with Gasteiger partial charge >= 0.3 is 12.3 Å². The van der Waals surface area contributed by atoms with Crippen LogP contribution in [0.1, 0.15) is 37.3 Å². The number of hydrogen-bond acceptors (Lipinski definition) is 7. The van der Waals surface area contributed by atoms with Gasteiger partial charge in [0.2, 0.25) is 0 Å². The quantitative estimate of drug-likeness (QED) is 0.540. The molecule has 2 aromatic carbocycles. The molecule has 2 N–H and O–H groups in total. The fourth-order valence-electron chi connectivity index (χ4n) is 5.15. The van der Waals surface area contributed by atoms with Gasteiger partial charge in [0, 0.05) is 42.5 Å². The van der Waals surface area contributed by atoms with Crippen LogP contribution < -0.4 is 9.91 Å². The number of hydrogen-bond donors (Lipinski definition) is 2. The Morgan fingerprint density at radius 2 is 1.76 bits per heavy atom. The molecule has 1 fully saturated rings. The number of anilines is 2.